The van der Waals surface area contributed by atoms with Crippen molar-refractivity contribution in [3.8, 4) is 5.75 Å². The number of methoxy groups -OCH3 is 1. The van der Waals surface area contributed by atoms with Crippen molar-refractivity contribution < 1.29 is 17.9 Å². The molecule has 2 aromatic carbocycles. The van der Waals surface area contributed by atoms with Gasteiger partial charge in [0.25, 0.3) is 0 Å². The summed E-state index contributed by atoms with van der Waals surface area (Å²) in [5.41, 5.74) is 2.29. The number of ether oxygens (including phenoxy) is 1. The number of hydrogen-bond donors (Lipinski definition) is 1. The number of carbonyl (C=O) groups is 1. The number of benzene rings is 2. The first-order valence-corrected chi connectivity index (χ1v) is 9.58. The molecule has 7 heteroatoms. The van der Waals surface area contributed by atoms with E-state index < -0.39 is 10.0 Å². The molecule has 0 atom stereocenters. The minimum Gasteiger partial charge on any atom is -0.497 e. The van der Waals surface area contributed by atoms with Crippen LogP contribution in [0.4, 0.5) is 5.69 Å². The number of anilines is 1. The van der Waals surface area contributed by atoms with Crippen molar-refractivity contribution in [2.75, 3.05) is 24.2 Å². The van der Waals surface area contributed by atoms with E-state index in [0.29, 0.717) is 12.2 Å². The average molecular weight is 362 g/mol. The fourth-order valence-electron chi connectivity index (χ4n) is 2.31. The number of rotatable bonds is 7. The lowest BCUT2D eigenvalue weighted by Gasteiger charge is -2.22. The second-order valence-corrected chi connectivity index (χ2v) is 7.64. The molecule has 1 N–H and O–H groups in total. The molecule has 2 aromatic rings. The summed E-state index contributed by atoms with van der Waals surface area (Å²) in [7, 11) is -1.98. The Bertz CT molecular complexity index is 832. The largest absolute Gasteiger partial charge is 0.497 e. The Kier molecular flexibility index (Phi) is 6.03. The second-order valence-electron chi connectivity index (χ2n) is 5.73. The van der Waals surface area contributed by atoms with Gasteiger partial charge in [0, 0.05) is 6.54 Å². The van der Waals surface area contributed by atoms with Gasteiger partial charge in [-0.15, -0.1) is 0 Å². The lowest BCUT2D eigenvalue weighted by molar-refractivity contribution is -0.119. The van der Waals surface area contributed by atoms with E-state index in [1.807, 2.05) is 25.1 Å². The second kappa shape index (κ2) is 8.02. The van der Waals surface area contributed by atoms with Gasteiger partial charge in [-0.2, -0.15) is 0 Å². The van der Waals surface area contributed by atoms with Crippen LogP contribution in [-0.2, 0) is 21.4 Å². The number of carbonyl (C=O) groups excluding carboxylic acids is 1. The average Bonchev–Trinajstić information content (AvgIpc) is 2.57. The molecule has 0 aromatic heterocycles. The van der Waals surface area contributed by atoms with Crippen molar-refractivity contribution in [3.05, 3.63) is 59.7 Å². The van der Waals surface area contributed by atoms with Crippen molar-refractivity contribution >= 4 is 21.6 Å². The van der Waals surface area contributed by atoms with E-state index in [1.165, 1.54) is 0 Å². The van der Waals surface area contributed by atoms with Gasteiger partial charge < -0.3 is 10.1 Å². The topological polar surface area (TPSA) is 75.7 Å². The fourth-order valence-corrected chi connectivity index (χ4v) is 3.16. The molecule has 0 aliphatic rings. The number of nitrogens with zero attached hydrogens (tertiary/aromatic N) is 1. The van der Waals surface area contributed by atoms with Gasteiger partial charge in [-0.25, -0.2) is 8.42 Å². The van der Waals surface area contributed by atoms with Crippen LogP contribution in [0.15, 0.2) is 48.5 Å². The number of amides is 1. The highest BCUT2D eigenvalue weighted by Gasteiger charge is 2.20. The zero-order chi connectivity index (χ0) is 18.4. The van der Waals surface area contributed by atoms with E-state index in [0.717, 1.165) is 27.4 Å². The van der Waals surface area contributed by atoms with Gasteiger partial charge in [0.15, 0.2) is 0 Å². The normalized spacial score (nSPS) is 11.0. The maximum atomic E-state index is 12.2. The molecular weight excluding hydrogens is 340 g/mol. The minimum absolute atomic E-state index is 0.265. The monoisotopic (exact) mass is 362 g/mol. The van der Waals surface area contributed by atoms with Gasteiger partial charge >= 0.3 is 0 Å². The molecule has 0 saturated carbocycles. The Labute approximate surface area is 148 Å². The van der Waals surface area contributed by atoms with Crippen molar-refractivity contribution in [3.63, 3.8) is 0 Å². The smallest absolute Gasteiger partial charge is 0.241 e. The van der Waals surface area contributed by atoms with E-state index in [2.05, 4.69) is 5.32 Å². The maximum absolute atomic E-state index is 12.2. The third kappa shape index (κ3) is 5.49. The zero-order valence-electron chi connectivity index (χ0n) is 14.5. The van der Waals surface area contributed by atoms with Crippen molar-refractivity contribution in [2.45, 2.75) is 13.5 Å². The van der Waals surface area contributed by atoms with Crippen LogP contribution in [0.1, 0.15) is 11.1 Å². The summed E-state index contributed by atoms with van der Waals surface area (Å²) in [6, 6.07) is 14.3. The maximum Gasteiger partial charge on any atom is 0.241 e. The summed E-state index contributed by atoms with van der Waals surface area (Å²) in [4.78, 5) is 12.2. The third-order valence-electron chi connectivity index (χ3n) is 3.63. The first-order chi connectivity index (χ1) is 11.8. The summed E-state index contributed by atoms with van der Waals surface area (Å²) in [6.07, 6.45) is 1.09. The Balaban J connectivity index is 2.04. The molecule has 0 bridgehead atoms. The molecule has 0 fully saturated rings. The molecule has 0 spiro atoms. The Morgan fingerprint density at radius 3 is 2.40 bits per heavy atom. The molecule has 6 nitrogen and oxygen atoms in total. The lowest BCUT2D eigenvalue weighted by atomic mass is 10.2. The Morgan fingerprint density at radius 1 is 1.16 bits per heavy atom. The van der Waals surface area contributed by atoms with Gasteiger partial charge in [0.1, 0.15) is 12.3 Å². The molecule has 25 heavy (non-hydrogen) atoms. The van der Waals surface area contributed by atoms with E-state index in [4.69, 9.17) is 4.74 Å². The Morgan fingerprint density at radius 2 is 1.84 bits per heavy atom. The molecule has 0 radical (unpaired) electrons. The standard InChI is InChI=1S/C18H22N2O4S/c1-14-5-4-6-16(11-14)20(25(3,22)23)13-18(21)19-12-15-7-9-17(24-2)10-8-15/h4-11H,12-13H2,1-3H3,(H,19,21). The molecule has 2 rings (SSSR count). The van der Waals surface area contributed by atoms with Crippen molar-refractivity contribution in [1.82, 2.24) is 5.32 Å². The van der Waals surface area contributed by atoms with Crippen LogP contribution < -0.4 is 14.4 Å². The highest BCUT2D eigenvalue weighted by atomic mass is 32.2. The molecule has 0 aliphatic carbocycles. The van der Waals surface area contributed by atoms with Crippen LogP contribution in [0.2, 0.25) is 0 Å². The number of sulfonamides is 1. The molecule has 134 valence electrons. The van der Waals surface area contributed by atoms with Gasteiger partial charge in [-0.3, -0.25) is 9.10 Å². The van der Waals surface area contributed by atoms with E-state index in [1.54, 1.807) is 37.4 Å². The predicted octanol–water partition coefficient (Wildman–Crippen LogP) is 2.09. The highest BCUT2D eigenvalue weighted by Crippen LogP contribution is 2.18. The van der Waals surface area contributed by atoms with Gasteiger partial charge in [0.2, 0.25) is 15.9 Å². The van der Waals surface area contributed by atoms with Crippen LogP contribution in [0.3, 0.4) is 0 Å². The summed E-state index contributed by atoms with van der Waals surface area (Å²) in [5, 5.41) is 2.74. The predicted molar refractivity (Wildman–Crippen MR) is 98.2 cm³/mol. The molecule has 0 saturated heterocycles. The zero-order valence-corrected chi connectivity index (χ0v) is 15.3. The lowest BCUT2D eigenvalue weighted by Crippen LogP contribution is -2.40. The number of nitrogens with one attached hydrogen (secondary N) is 1. The highest BCUT2D eigenvalue weighted by molar-refractivity contribution is 7.92. The number of aryl methyl sites for hydroxylation is 1. The van der Waals surface area contributed by atoms with Gasteiger partial charge in [-0.05, 0) is 42.3 Å². The summed E-state index contributed by atoms with van der Waals surface area (Å²) >= 11 is 0. The molecular formula is C18H22N2O4S. The van der Waals surface area contributed by atoms with E-state index in [9.17, 15) is 13.2 Å². The summed E-state index contributed by atoms with van der Waals surface area (Å²) in [5.74, 6) is 0.362. The van der Waals surface area contributed by atoms with Gasteiger partial charge in [0.05, 0.1) is 19.1 Å². The molecule has 0 heterocycles. The van der Waals surface area contributed by atoms with Gasteiger partial charge in [-0.1, -0.05) is 24.3 Å². The van der Waals surface area contributed by atoms with Crippen LogP contribution in [0, 0.1) is 6.92 Å². The van der Waals surface area contributed by atoms with Crippen LogP contribution >= 0.6 is 0 Å². The number of hydrogen-bond acceptors (Lipinski definition) is 4. The minimum atomic E-state index is -3.57. The van der Waals surface area contributed by atoms with Crippen molar-refractivity contribution in [2.24, 2.45) is 0 Å². The Hall–Kier alpha value is -2.54. The SMILES string of the molecule is COc1ccc(CNC(=O)CN(c2cccc(C)c2)S(C)(=O)=O)cc1. The van der Waals surface area contributed by atoms with Crippen LogP contribution in [0.5, 0.6) is 5.75 Å². The summed E-state index contributed by atoms with van der Waals surface area (Å²) < 4.78 is 30.3. The van der Waals surface area contributed by atoms with E-state index in [-0.39, 0.29) is 12.5 Å². The van der Waals surface area contributed by atoms with Crippen LogP contribution in [-0.4, -0.2) is 34.2 Å². The van der Waals surface area contributed by atoms with Crippen LogP contribution in [0.25, 0.3) is 0 Å². The molecule has 0 aliphatic heterocycles. The molecule has 1 amide bonds. The summed E-state index contributed by atoms with van der Waals surface area (Å²) in [6.45, 7) is 1.92. The quantitative estimate of drug-likeness (QED) is 0.818. The third-order valence-corrected chi connectivity index (χ3v) is 4.77. The fraction of sp³-hybridized carbons (Fsp3) is 0.278. The molecule has 0 unspecified atom stereocenters. The first kappa shape index (κ1) is 18.8. The first-order valence-electron chi connectivity index (χ1n) is 7.73. The van der Waals surface area contributed by atoms with E-state index >= 15 is 0 Å². The van der Waals surface area contributed by atoms with Crippen molar-refractivity contribution in [1.29, 1.82) is 0 Å².